The molecule has 17 heavy (non-hydrogen) atoms. The second kappa shape index (κ2) is 6.67. The summed E-state index contributed by atoms with van der Waals surface area (Å²) in [6.07, 6.45) is 1.12. The second-order valence-electron chi connectivity index (χ2n) is 4.12. The third-order valence-corrected chi connectivity index (χ3v) is 3.73. The molecule has 5 heteroatoms. The molecule has 0 amide bonds. The minimum Gasteiger partial charge on any atom is -0.355 e. The minimum absolute atomic E-state index is 0.300. The summed E-state index contributed by atoms with van der Waals surface area (Å²) >= 11 is 18.0. The Morgan fingerprint density at radius 1 is 1.24 bits per heavy atom. The Balaban J connectivity index is 2.99. The number of anilines is 1. The van der Waals surface area contributed by atoms with E-state index in [1.54, 1.807) is 6.07 Å². The van der Waals surface area contributed by atoms with Crippen molar-refractivity contribution in [2.24, 2.45) is 5.92 Å². The molecule has 1 atom stereocenters. The van der Waals surface area contributed by atoms with Crippen LogP contribution in [-0.4, -0.2) is 18.1 Å². The van der Waals surface area contributed by atoms with Crippen LogP contribution in [0.25, 0.3) is 0 Å². The summed E-state index contributed by atoms with van der Waals surface area (Å²) in [6.45, 7) is 8.20. The molecular formula is C12H17Cl3N2. The highest BCUT2D eigenvalue weighted by atomic mass is 35.5. The number of rotatable bonds is 5. The molecule has 96 valence electrons. The normalized spacial score (nSPS) is 12.6. The first-order chi connectivity index (χ1) is 7.99. The van der Waals surface area contributed by atoms with Crippen LogP contribution in [0.4, 0.5) is 5.82 Å². The average molecular weight is 296 g/mol. The van der Waals surface area contributed by atoms with Gasteiger partial charge in [-0.25, -0.2) is 4.98 Å². The summed E-state index contributed by atoms with van der Waals surface area (Å²) in [5.41, 5.74) is 0. The Morgan fingerprint density at radius 3 is 2.41 bits per heavy atom. The van der Waals surface area contributed by atoms with Gasteiger partial charge in [-0.3, -0.25) is 0 Å². The molecule has 0 aromatic carbocycles. The van der Waals surface area contributed by atoms with Crippen LogP contribution in [0.3, 0.4) is 0 Å². The van der Waals surface area contributed by atoms with Crippen molar-refractivity contribution in [1.29, 1.82) is 0 Å². The van der Waals surface area contributed by atoms with Crippen molar-refractivity contribution < 1.29 is 0 Å². The van der Waals surface area contributed by atoms with Crippen molar-refractivity contribution in [3.05, 3.63) is 21.3 Å². The summed E-state index contributed by atoms with van der Waals surface area (Å²) in [6, 6.07) is 1.65. The molecule has 0 aliphatic carbocycles. The van der Waals surface area contributed by atoms with Gasteiger partial charge in [-0.05, 0) is 18.9 Å². The molecule has 2 nitrogen and oxygen atoms in total. The van der Waals surface area contributed by atoms with Gasteiger partial charge < -0.3 is 4.90 Å². The van der Waals surface area contributed by atoms with E-state index in [9.17, 15) is 0 Å². The number of aromatic nitrogens is 1. The lowest BCUT2D eigenvalue weighted by Gasteiger charge is -2.26. The van der Waals surface area contributed by atoms with Gasteiger partial charge in [-0.15, -0.1) is 0 Å². The van der Waals surface area contributed by atoms with Gasteiger partial charge in [0.25, 0.3) is 0 Å². The van der Waals surface area contributed by atoms with Crippen molar-refractivity contribution in [3.8, 4) is 0 Å². The first-order valence-electron chi connectivity index (χ1n) is 5.76. The first-order valence-corrected chi connectivity index (χ1v) is 6.89. The number of hydrogen-bond acceptors (Lipinski definition) is 2. The number of halogens is 3. The van der Waals surface area contributed by atoms with Crippen LogP contribution in [0.15, 0.2) is 6.07 Å². The molecule has 0 aliphatic heterocycles. The fraction of sp³-hybridized carbons (Fsp3) is 0.583. The van der Waals surface area contributed by atoms with Gasteiger partial charge in [-0.2, -0.15) is 0 Å². The summed E-state index contributed by atoms with van der Waals surface area (Å²) in [4.78, 5) is 6.38. The third kappa shape index (κ3) is 3.90. The van der Waals surface area contributed by atoms with Gasteiger partial charge in [0.05, 0.1) is 10.0 Å². The zero-order valence-electron chi connectivity index (χ0n) is 10.3. The van der Waals surface area contributed by atoms with Gasteiger partial charge in [0.2, 0.25) is 0 Å². The molecule has 1 rings (SSSR count). The molecule has 0 N–H and O–H groups in total. The SMILES string of the molecule is CCC(C)CN(CC)c1nc(Cl)c(Cl)cc1Cl. The van der Waals surface area contributed by atoms with Crippen molar-refractivity contribution >= 4 is 40.6 Å². The maximum Gasteiger partial charge on any atom is 0.150 e. The van der Waals surface area contributed by atoms with Crippen molar-refractivity contribution in [2.45, 2.75) is 27.2 Å². The van der Waals surface area contributed by atoms with Gasteiger partial charge in [-0.1, -0.05) is 55.1 Å². The van der Waals surface area contributed by atoms with Crippen molar-refractivity contribution in [2.75, 3.05) is 18.0 Å². The lowest BCUT2D eigenvalue weighted by Crippen LogP contribution is -2.29. The topological polar surface area (TPSA) is 16.1 Å². The van der Waals surface area contributed by atoms with E-state index >= 15 is 0 Å². The van der Waals surface area contributed by atoms with Crippen LogP contribution in [0.5, 0.6) is 0 Å². The maximum absolute atomic E-state index is 6.15. The maximum atomic E-state index is 6.15. The highest BCUT2D eigenvalue weighted by molar-refractivity contribution is 6.42. The number of nitrogens with zero attached hydrogens (tertiary/aromatic N) is 2. The van der Waals surface area contributed by atoms with E-state index in [1.165, 1.54) is 0 Å². The zero-order valence-corrected chi connectivity index (χ0v) is 12.6. The van der Waals surface area contributed by atoms with Crippen LogP contribution in [-0.2, 0) is 0 Å². The van der Waals surface area contributed by atoms with E-state index in [0.717, 1.165) is 19.5 Å². The van der Waals surface area contributed by atoms with Crippen LogP contribution >= 0.6 is 34.8 Å². The summed E-state index contributed by atoms with van der Waals surface area (Å²) in [5, 5.41) is 1.23. The van der Waals surface area contributed by atoms with E-state index in [0.29, 0.717) is 26.9 Å². The Labute approximate surface area is 118 Å². The van der Waals surface area contributed by atoms with Crippen LogP contribution in [0.1, 0.15) is 27.2 Å². The predicted octanol–water partition coefficient (Wildman–Crippen LogP) is 4.91. The number of pyridine rings is 1. The van der Waals surface area contributed by atoms with E-state index in [2.05, 4.69) is 30.7 Å². The Bertz CT molecular complexity index is 382. The minimum atomic E-state index is 0.300. The van der Waals surface area contributed by atoms with Crippen LogP contribution in [0.2, 0.25) is 15.2 Å². The molecular weight excluding hydrogens is 279 g/mol. The average Bonchev–Trinajstić information content (AvgIpc) is 2.30. The molecule has 0 spiro atoms. The third-order valence-electron chi connectivity index (χ3n) is 2.78. The van der Waals surface area contributed by atoms with E-state index < -0.39 is 0 Å². The summed E-state index contributed by atoms with van der Waals surface area (Å²) < 4.78 is 0. The molecule has 0 radical (unpaired) electrons. The molecule has 0 aliphatic rings. The number of hydrogen-bond donors (Lipinski definition) is 0. The largest absolute Gasteiger partial charge is 0.355 e. The monoisotopic (exact) mass is 294 g/mol. The van der Waals surface area contributed by atoms with E-state index in [1.807, 2.05) is 0 Å². The standard InChI is InChI=1S/C12H17Cl3N2/c1-4-8(3)7-17(5-2)12-10(14)6-9(13)11(15)16-12/h6,8H,4-5,7H2,1-3H3. The van der Waals surface area contributed by atoms with E-state index in [4.69, 9.17) is 34.8 Å². The first kappa shape index (κ1) is 14.9. The molecule has 1 aromatic heterocycles. The fourth-order valence-corrected chi connectivity index (χ4v) is 2.14. The predicted molar refractivity (Wildman–Crippen MR) is 76.6 cm³/mol. The lowest BCUT2D eigenvalue weighted by molar-refractivity contribution is 0.545. The van der Waals surface area contributed by atoms with Gasteiger partial charge in [0.1, 0.15) is 11.0 Å². The molecule has 0 fully saturated rings. The zero-order chi connectivity index (χ0) is 13.0. The Morgan fingerprint density at radius 2 is 1.88 bits per heavy atom. The molecule has 0 saturated heterocycles. The molecule has 1 unspecified atom stereocenters. The second-order valence-corrected chi connectivity index (χ2v) is 5.29. The molecule has 1 heterocycles. The smallest absolute Gasteiger partial charge is 0.150 e. The Kier molecular flexibility index (Phi) is 5.84. The van der Waals surface area contributed by atoms with Gasteiger partial charge in [0.15, 0.2) is 0 Å². The highest BCUT2D eigenvalue weighted by Crippen LogP contribution is 2.31. The Hall–Kier alpha value is -0.180. The highest BCUT2D eigenvalue weighted by Gasteiger charge is 2.15. The van der Waals surface area contributed by atoms with Gasteiger partial charge in [0, 0.05) is 13.1 Å². The van der Waals surface area contributed by atoms with Crippen molar-refractivity contribution in [3.63, 3.8) is 0 Å². The quantitative estimate of drug-likeness (QED) is 0.717. The van der Waals surface area contributed by atoms with Gasteiger partial charge >= 0.3 is 0 Å². The molecule has 1 aromatic rings. The fourth-order valence-electron chi connectivity index (χ4n) is 1.53. The summed E-state index contributed by atoms with van der Waals surface area (Å²) in [7, 11) is 0. The molecule has 0 saturated carbocycles. The lowest BCUT2D eigenvalue weighted by atomic mass is 10.1. The van der Waals surface area contributed by atoms with Crippen molar-refractivity contribution in [1.82, 2.24) is 4.98 Å². The van der Waals surface area contributed by atoms with Crippen LogP contribution < -0.4 is 4.90 Å². The van der Waals surface area contributed by atoms with Crippen LogP contribution in [0, 0.1) is 5.92 Å². The van der Waals surface area contributed by atoms with E-state index in [-0.39, 0.29) is 0 Å². The molecule has 0 bridgehead atoms. The summed E-state index contributed by atoms with van der Waals surface area (Å²) in [5.74, 6) is 1.30.